The molecule has 0 aromatic heterocycles. The fourth-order valence-electron chi connectivity index (χ4n) is 1.98. The number of halogens is 3. The van der Waals surface area contributed by atoms with E-state index < -0.39 is 6.29 Å². The first-order chi connectivity index (χ1) is 8.52. The van der Waals surface area contributed by atoms with E-state index in [0.29, 0.717) is 0 Å². The lowest BCUT2D eigenvalue weighted by Gasteiger charge is -2.12. The van der Waals surface area contributed by atoms with Gasteiger partial charge in [-0.15, -0.1) is 21.2 Å². The number of rotatable bonds is 5. The fourth-order valence-corrected chi connectivity index (χ4v) is 1.98. The minimum absolute atomic E-state index is 0. The van der Waals surface area contributed by atoms with Gasteiger partial charge in [0.2, 0.25) is 0 Å². The number of ether oxygens (including phenoxy) is 2. The number of hydrogen-bond acceptors (Lipinski definition) is 3. The Balaban J connectivity index is 0.00000180. The first-order valence-electron chi connectivity index (χ1n) is 6.17. The van der Waals surface area contributed by atoms with E-state index in [-0.39, 0.29) is 29.9 Å². The van der Waals surface area contributed by atoms with Crippen LogP contribution in [0.25, 0.3) is 0 Å². The molecule has 0 aliphatic carbocycles. The number of alkyl halides is 2. The van der Waals surface area contributed by atoms with Crippen molar-refractivity contribution in [3.63, 3.8) is 0 Å². The van der Waals surface area contributed by atoms with Crippen molar-refractivity contribution in [3.05, 3.63) is 23.8 Å². The van der Waals surface area contributed by atoms with Crippen molar-refractivity contribution in [2.24, 2.45) is 5.73 Å². The highest BCUT2D eigenvalue weighted by Crippen LogP contribution is 2.42. The molecule has 2 N–H and O–H groups in total. The second-order valence-electron chi connectivity index (χ2n) is 4.48. The molecular formula is C13H18ClF2NO2. The predicted octanol–water partition coefficient (Wildman–Crippen LogP) is 4.01. The first kappa shape index (κ1) is 16.0. The monoisotopic (exact) mass is 293 g/mol. The van der Waals surface area contributed by atoms with E-state index in [1.807, 2.05) is 0 Å². The van der Waals surface area contributed by atoms with Crippen molar-refractivity contribution in [1.82, 2.24) is 0 Å². The van der Waals surface area contributed by atoms with Gasteiger partial charge in [0.1, 0.15) is 0 Å². The van der Waals surface area contributed by atoms with E-state index in [1.165, 1.54) is 12.1 Å². The summed E-state index contributed by atoms with van der Waals surface area (Å²) in [5, 5.41) is 0. The summed E-state index contributed by atoms with van der Waals surface area (Å²) in [5.41, 5.74) is 6.81. The summed E-state index contributed by atoms with van der Waals surface area (Å²) in [6.07, 6.45) is 0.551. The lowest BCUT2D eigenvalue weighted by atomic mass is 10.0. The van der Waals surface area contributed by atoms with E-state index in [0.717, 1.165) is 31.2 Å². The molecule has 0 bridgehead atoms. The van der Waals surface area contributed by atoms with Crippen LogP contribution in [0, 0.1) is 0 Å². The van der Waals surface area contributed by atoms with Crippen LogP contribution in [0.3, 0.4) is 0 Å². The maximum absolute atomic E-state index is 12.8. The van der Waals surface area contributed by atoms with Crippen molar-refractivity contribution in [3.8, 4) is 11.5 Å². The Hall–Kier alpha value is -1.07. The molecule has 19 heavy (non-hydrogen) atoms. The molecule has 1 aromatic carbocycles. The van der Waals surface area contributed by atoms with Crippen molar-refractivity contribution >= 4 is 12.4 Å². The molecule has 1 aliphatic heterocycles. The number of fused-ring (bicyclic) bond motifs is 1. The third kappa shape index (κ3) is 3.94. The topological polar surface area (TPSA) is 44.5 Å². The van der Waals surface area contributed by atoms with Crippen LogP contribution < -0.4 is 15.2 Å². The molecule has 0 saturated carbocycles. The SMILES string of the molecule is CCCCC[C@H](N)c1ccc2c(c1)OC(F)(F)O2.Cl. The molecule has 1 heterocycles. The van der Waals surface area contributed by atoms with Gasteiger partial charge in [-0.3, -0.25) is 0 Å². The third-order valence-electron chi connectivity index (χ3n) is 2.97. The third-order valence-corrected chi connectivity index (χ3v) is 2.97. The van der Waals surface area contributed by atoms with E-state index in [2.05, 4.69) is 16.4 Å². The van der Waals surface area contributed by atoms with Crippen molar-refractivity contribution in [1.29, 1.82) is 0 Å². The van der Waals surface area contributed by atoms with Crippen LogP contribution >= 0.6 is 12.4 Å². The number of nitrogens with two attached hydrogens (primary N) is 1. The summed E-state index contributed by atoms with van der Waals surface area (Å²) >= 11 is 0. The average Bonchev–Trinajstić information content (AvgIpc) is 2.61. The zero-order valence-corrected chi connectivity index (χ0v) is 11.5. The van der Waals surface area contributed by atoms with E-state index >= 15 is 0 Å². The quantitative estimate of drug-likeness (QED) is 0.834. The predicted molar refractivity (Wildman–Crippen MR) is 71.0 cm³/mol. The van der Waals surface area contributed by atoms with Gasteiger partial charge in [0, 0.05) is 6.04 Å². The summed E-state index contributed by atoms with van der Waals surface area (Å²) < 4.78 is 34.4. The van der Waals surface area contributed by atoms with Crippen LogP contribution in [-0.4, -0.2) is 6.29 Å². The second kappa shape index (κ2) is 6.39. The van der Waals surface area contributed by atoms with Crippen molar-refractivity contribution in [2.75, 3.05) is 0 Å². The van der Waals surface area contributed by atoms with Crippen LogP contribution in [0.1, 0.15) is 44.2 Å². The largest absolute Gasteiger partial charge is 0.586 e. The highest BCUT2D eigenvalue weighted by molar-refractivity contribution is 5.85. The highest BCUT2D eigenvalue weighted by Gasteiger charge is 2.43. The maximum Gasteiger partial charge on any atom is 0.586 e. The van der Waals surface area contributed by atoms with Gasteiger partial charge in [-0.05, 0) is 24.1 Å². The van der Waals surface area contributed by atoms with Crippen LogP contribution in [0.5, 0.6) is 11.5 Å². The zero-order valence-electron chi connectivity index (χ0n) is 10.7. The molecule has 0 unspecified atom stereocenters. The van der Waals surface area contributed by atoms with Gasteiger partial charge in [0.05, 0.1) is 0 Å². The van der Waals surface area contributed by atoms with Gasteiger partial charge in [0.15, 0.2) is 11.5 Å². The Labute approximate surface area is 117 Å². The van der Waals surface area contributed by atoms with Crippen LogP contribution in [0.2, 0.25) is 0 Å². The molecule has 1 aliphatic rings. The molecule has 0 fully saturated rings. The molecule has 0 spiro atoms. The van der Waals surface area contributed by atoms with Crippen LogP contribution in [-0.2, 0) is 0 Å². The van der Waals surface area contributed by atoms with Crippen molar-refractivity contribution in [2.45, 2.75) is 44.9 Å². The van der Waals surface area contributed by atoms with Gasteiger partial charge in [-0.2, -0.15) is 0 Å². The first-order valence-corrected chi connectivity index (χ1v) is 6.17. The molecule has 6 heteroatoms. The minimum Gasteiger partial charge on any atom is -0.395 e. The Kier molecular flexibility index (Phi) is 5.38. The summed E-state index contributed by atoms with van der Waals surface area (Å²) in [7, 11) is 0. The second-order valence-corrected chi connectivity index (χ2v) is 4.48. The fraction of sp³-hybridized carbons (Fsp3) is 0.538. The maximum atomic E-state index is 12.8. The molecule has 1 aromatic rings. The molecule has 2 rings (SSSR count). The summed E-state index contributed by atoms with van der Waals surface area (Å²) in [6.45, 7) is 2.12. The molecule has 1 atom stereocenters. The van der Waals surface area contributed by atoms with Gasteiger partial charge >= 0.3 is 6.29 Å². The lowest BCUT2D eigenvalue weighted by molar-refractivity contribution is -0.286. The number of unbranched alkanes of at least 4 members (excludes halogenated alkanes) is 2. The Morgan fingerprint density at radius 3 is 2.58 bits per heavy atom. The molecule has 108 valence electrons. The minimum atomic E-state index is -3.56. The molecule has 0 amide bonds. The van der Waals surface area contributed by atoms with Gasteiger partial charge in [0.25, 0.3) is 0 Å². The summed E-state index contributed by atoms with van der Waals surface area (Å²) in [4.78, 5) is 0. The molecule has 3 nitrogen and oxygen atoms in total. The van der Waals surface area contributed by atoms with Crippen LogP contribution in [0.15, 0.2) is 18.2 Å². The highest BCUT2D eigenvalue weighted by atomic mass is 35.5. The molecule has 0 radical (unpaired) electrons. The van der Waals surface area contributed by atoms with Gasteiger partial charge in [-0.25, -0.2) is 0 Å². The van der Waals surface area contributed by atoms with E-state index in [9.17, 15) is 8.78 Å². The van der Waals surface area contributed by atoms with E-state index in [1.54, 1.807) is 6.07 Å². The van der Waals surface area contributed by atoms with E-state index in [4.69, 9.17) is 5.73 Å². The normalized spacial score (nSPS) is 16.8. The van der Waals surface area contributed by atoms with Gasteiger partial charge in [-0.1, -0.05) is 32.3 Å². The standard InChI is InChI=1S/C13H17F2NO2.ClH/c1-2-3-4-5-10(16)9-6-7-11-12(8-9)18-13(14,15)17-11;/h6-8,10H,2-5,16H2,1H3;1H/t10-;/m0./s1. The summed E-state index contributed by atoms with van der Waals surface area (Å²) in [5.74, 6) is 0.118. The molecule has 0 saturated heterocycles. The molecular weight excluding hydrogens is 276 g/mol. The zero-order chi connectivity index (χ0) is 13.2. The average molecular weight is 294 g/mol. The van der Waals surface area contributed by atoms with Gasteiger partial charge < -0.3 is 15.2 Å². The lowest BCUT2D eigenvalue weighted by Crippen LogP contribution is -2.25. The number of hydrogen-bond donors (Lipinski definition) is 1. The number of benzene rings is 1. The van der Waals surface area contributed by atoms with Crippen molar-refractivity contribution < 1.29 is 18.3 Å². The Morgan fingerprint density at radius 2 is 1.89 bits per heavy atom. The Morgan fingerprint density at radius 1 is 1.21 bits per heavy atom. The van der Waals surface area contributed by atoms with Crippen LogP contribution in [0.4, 0.5) is 8.78 Å². The summed E-state index contributed by atoms with van der Waals surface area (Å²) in [6, 6.07) is 4.57. The Bertz CT molecular complexity index is 429. The smallest absolute Gasteiger partial charge is 0.395 e.